The minimum absolute atomic E-state index is 0.0766. The van der Waals surface area contributed by atoms with Crippen LogP contribution in [0.5, 0.6) is 5.75 Å². The Labute approximate surface area is 94.8 Å². The maximum Gasteiger partial charge on any atom is 0.335 e. The summed E-state index contributed by atoms with van der Waals surface area (Å²) >= 11 is 0. The molecule has 0 spiro atoms. The number of benzene rings is 1. The zero-order valence-electron chi connectivity index (χ0n) is 9.22. The van der Waals surface area contributed by atoms with E-state index in [1.165, 1.54) is 0 Å². The summed E-state index contributed by atoms with van der Waals surface area (Å²) in [6, 6.07) is 7.09. The Balaban J connectivity index is 2.78. The van der Waals surface area contributed by atoms with Gasteiger partial charge >= 0.3 is 5.97 Å². The zero-order valence-corrected chi connectivity index (χ0v) is 9.22. The van der Waals surface area contributed by atoms with Crippen LogP contribution in [0.4, 0.5) is 5.69 Å². The van der Waals surface area contributed by atoms with E-state index in [0.717, 1.165) is 11.8 Å². The first kappa shape index (κ1) is 12.3. The molecule has 0 aromatic heterocycles. The van der Waals surface area contributed by atoms with Crippen LogP contribution >= 0.6 is 0 Å². The molecule has 1 aromatic carbocycles. The summed E-state index contributed by atoms with van der Waals surface area (Å²) in [4.78, 5) is 12.9. The molecule has 4 heteroatoms. The summed E-state index contributed by atoms with van der Waals surface area (Å²) in [7, 11) is 1.85. The second-order valence-electron chi connectivity index (χ2n) is 3.27. The van der Waals surface area contributed by atoms with E-state index < -0.39 is 5.97 Å². The minimum atomic E-state index is -0.484. The highest BCUT2D eigenvalue weighted by molar-refractivity contribution is 5.83. The van der Waals surface area contributed by atoms with Gasteiger partial charge in [0.05, 0.1) is 6.61 Å². The Morgan fingerprint density at radius 1 is 1.62 bits per heavy atom. The van der Waals surface area contributed by atoms with Crippen LogP contribution < -0.4 is 9.64 Å². The predicted molar refractivity (Wildman–Crippen MR) is 62.6 cm³/mol. The van der Waals surface area contributed by atoms with Crippen molar-refractivity contribution in [3.63, 3.8) is 0 Å². The molecule has 4 nitrogen and oxygen atoms in total. The van der Waals surface area contributed by atoms with E-state index in [2.05, 4.69) is 6.58 Å². The topological polar surface area (TPSA) is 49.8 Å². The van der Waals surface area contributed by atoms with Gasteiger partial charge in [-0.3, -0.25) is 0 Å². The summed E-state index contributed by atoms with van der Waals surface area (Å²) in [6.07, 6.45) is 1.12. The van der Waals surface area contributed by atoms with Gasteiger partial charge in [-0.05, 0) is 12.1 Å². The zero-order chi connectivity index (χ0) is 12.0. The van der Waals surface area contributed by atoms with Crippen molar-refractivity contribution in [3.8, 4) is 5.75 Å². The van der Waals surface area contributed by atoms with E-state index in [1.807, 2.05) is 18.0 Å². The first-order valence-electron chi connectivity index (χ1n) is 4.93. The smallest absolute Gasteiger partial charge is 0.335 e. The average molecular weight is 221 g/mol. The molecule has 1 N–H and O–H groups in total. The number of nitrogens with zero attached hydrogens (tertiary/aromatic N) is 1. The number of hydrogen-bond acceptors (Lipinski definition) is 4. The van der Waals surface area contributed by atoms with E-state index >= 15 is 0 Å². The molecule has 0 radical (unpaired) electrons. The number of aliphatic hydroxyl groups excluding tert-OH is 1. The third-order valence-corrected chi connectivity index (χ3v) is 2.08. The number of esters is 1. The van der Waals surface area contributed by atoms with E-state index in [4.69, 9.17) is 9.84 Å². The van der Waals surface area contributed by atoms with Crippen LogP contribution in [-0.2, 0) is 4.79 Å². The molecule has 86 valence electrons. The van der Waals surface area contributed by atoms with Gasteiger partial charge in [0.1, 0.15) is 5.75 Å². The fourth-order valence-electron chi connectivity index (χ4n) is 1.22. The Morgan fingerprint density at radius 2 is 2.38 bits per heavy atom. The molecular formula is C12H15NO3. The van der Waals surface area contributed by atoms with Crippen molar-refractivity contribution in [2.75, 3.05) is 25.1 Å². The molecule has 0 heterocycles. The fourth-order valence-corrected chi connectivity index (χ4v) is 1.22. The van der Waals surface area contributed by atoms with Crippen LogP contribution in [0.15, 0.2) is 36.9 Å². The van der Waals surface area contributed by atoms with Crippen LogP contribution in [0.1, 0.15) is 0 Å². The summed E-state index contributed by atoms with van der Waals surface area (Å²) in [5.41, 5.74) is 0.878. The van der Waals surface area contributed by atoms with E-state index in [1.54, 1.807) is 18.2 Å². The quantitative estimate of drug-likeness (QED) is 0.461. The number of likely N-dealkylation sites (N-methyl/N-ethyl adjacent to an activating group) is 1. The Morgan fingerprint density at radius 3 is 3.00 bits per heavy atom. The number of aliphatic hydroxyl groups is 1. The molecule has 0 amide bonds. The van der Waals surface area contributed by atoms with Gasteiger partial charge in [-0.1, -0.05) is 12.6 Å². The number of rotatable bonds is 5. The van der Waals surface area contributed by atoms with Gasteiger partial charge in [-0.25, -0.2) is 4.79 Å². The van der Waals surface area contributed by atoms with Crippen LogP contribution in [0, 0.1) is 0 Å². The third kappa shape index (κ3) is 3.40. The van der Waals surface area contributed by atoms with E-state index in [9.17, 15) is 4.79 Å². The van der Waals surface area contributed by atoms with Gasteiger partial charge < -0.3 is 14.7 Å². The molecule has 0 saturated carbocycles. The highest BCUT2D eigenvalue weighted by Gasteiger charge is 2.03. The second-order valence-corrected chi connectivity index (χ2v) is 3.27. The molecule has 0 atom stereocenters. The van der Waals surface area contributed by atoms with Gasteiger partial charge in [0.25, 0.3) is 0 Å². The lowest BCUT2D eigenvalue weighted by atomic mass is 10.3. The van der Waals surface area contributed by atoms with Crippen molar-refractivity contribution in [1.82, 2.24) is 0 Å². The van der Waals surface area contributed by atoms with Crippen molar-refractivity contribution < 1.29 is 14.6 Å². The second kappa shape index (κ2) is 5.92. The van der Waals surface area contributed by atoms with Crippen molar-refractivity contribution in [3.05, 3.63) is 36.9 Å². The van der Waals surface area contributed by atoms with E-state index in [-0.39, 0.29) is 6.61 Å². The van der Waals surface area contributed by atoms with Gasteiger partial charge in [-0.15, -0.1) is 0 Å². The molecule has 0 saturated heterocycles. The van der Waals surface area contributed by atoms with Gasteiger partial charge in [0, 0.05) is 31.4 Å². The third-order valence-electron chi connectivity index (χ3n) is 2.08. The number of carbonyl (C=O) groups is 1. The molecule has 1 aromatic rings. The Kier molecular flexibility index (Phi) is 4.54. The standard InChI is InChI=1S/C12H15NO3/c1-3-12(15)16-11-6-4-5-10(9-11)13(2)7-8-14/h3-6,9,14H,1,7-8H2,2H3. The summed E-state index contributed by atoms with van der Waals surface area (Å²) in [5, 5.41) is 8.81. The number of anilines is 1. The van der Waals surface area contributed by atoms with Crippen LogP contribution in [0.2, 0.25) is 0 Å². The lowest BCUT2D eigenvalue weighted by Gasteiger charge is -2.18. The monoisotopic (exact) mass is 221 g/mol. The normalized spacial score (nSPS) is 9.62. The molecule has 0 aliphatic carbocycles. The molecule has 0 bridgehead atoms. The molecule has 0 unspecified atom stereocenters. The van der Waals surface area contributed by atoms with Crippen LogP contribution in [0.3, 0.4) is 0 Å². The first-order chi connectivity index (χ1) is 7.67. The minimum Gasteiger partial charge on any atom is -0.423 e. The Bertz CT molecular complexity index is 376. The van der Waals surface area contributed by atoms with Gasteiger partial charge in [-0.2, -0.15) is 0 Å². The molecular weight excluding hydrogens is 206 g/mol. The number of hydrogen-bond donors (Lipinski definition) is 1. The van der Waals surface area contributed by atoms with Crippen molar-refractivity contribution >= 4 is 11.7 Å². The maximum absolute atomic E-state index is 11.0. The number of carbonyl (C=O) groups excluding carboxylic acids is 1. The lowest BCUT2D eigenvalue weighted by Crippen LogP contribution is -2.21. The average Bonchev–Trinajstić information content (AvgIpc) is 2.29. The molecule has 0 fully saturated rings. The molecule has 1 rings (SSSR count). The van der Waals surface area contributed by atoms with Gasteiger partial charge in [0.15, 0.2) is 0 Å². The van der Waals surface area contributed by atoms with Gasteiger partial charge in [0.2, 0.25) is 0 Å². The highest BCUT2D eigenvalue weighted by atomic mass is 16.5. The highest BCUT2D eigenvalue weighted by Crippen LogP contribution is 2.20. The summed E-state index contributed by atoms with van der Waals surface area (Å²) in [5.74, 6) is -0.0193. The lowest BCUT2D eigenvalue weighted by molar-refractivity contribution is -0.128. The van der Waals surface area contributed by atoms with Crippen LogP contribution in [-0.4, -0.2) is 31.3 Å². The van der Waals surface area contributed by atoms with Crippen molar-refractivity contribution in [2.24, 2.45) is 0 Å². The van der Waals surface area contributed by atoms with E-state index in [0.29, 0.717) is 12.3 Å². The van der Waals surface area contributed by atoms with Crippen molar-refractivity contribution in [2.45, 2.75) is 0 Å². The Hall–Kier alpha value is -1.81. The largest absolute Gasteiger partial charge is 0.423 e. The molecule has 0 aliphatic rings. The summed E-state index contributed by atoms with van der Waals surface area (Å²) in [6.45, 7) is 3.93. The fraction of sp³-hybridized carbons (Fsp3) is 0.250. The maximum atomic E-state index is 11.0. The number of ether oxygens (including phenoxy) is 1. The molecule has 16 heavy (non-hydrogen) atoms. The first-order valence-corrected chi connectivity index (χ1v) is 4.93. The van der Waals surface area contributed by atoms with Crippen molar-refractivity contribution in [1.29, 1.82) is 0 Å². The molecule has 0 aliphatic heterocycles. The van der Waals surface area contributed by atoms with Crippen LogP contribution in [0.25, 0.3) is 0 Å². The summed E-state index contributed by atoms with van der Waals surface area (Å²) < 4.78 is 4.99. The SMILES string of the molecule is C=CC(=O)Oc1cccc(N(C)CCO)c1. The predicted octanol–water partition coefficient (Wildman–Crippen LogP) is 1.21.